The fraction of sp³-hybridized carbons (Fsp3) is 0.394. The summed E-state index contributed by atoms with van der Waals surface area (Å²) >= 11 is 0. The molecule has 0 aromatic heterocycles. The standard InChI is InChI=1S/C33H41FN2O2/c1-32(2,3)27-19-16-24(17-20-27)18-21-30(37)36(23-26-14-10-11-15-28(26)34)29(31(38)35-33(4,5)6)22-25-12-8-7-9-13-25/h7-17,19-20,29H,18,21-23H2,1-6H3,(H,35,38)/t29-/m0/s1. The monoisotopic (exact) mass is 516 g/mol. The average molecular weight is 517 g/mol. The number of benzene rings is 3. The van der Waals surface area contributed by atoms with Crippen LogP contribution in [-0.2, 0) is 34.4 Å². The zero-order chi connectivity index (χ0) is 27.9. The van der Waals surface area contributed by atoms with Crippen LogP contribution in [0.25, 0.3) is 0 Å². The second-order valence-corrected chi connectivity index (χ2v) is 12.0. The van der Waals surface area contributed by atoms with Crippen LogP contribution in [0, 0.1) is 5.82 Å². The molecule has 5 heteroatoms. The first-order valence-electron chi connectivity index (χ1n) is 13.3. The smallest absolute Gasteiger partial charge is 0.243 e. The van der Waals surface area contributed by atoms with E-state index in [0.29, 0.717) is 18.4 Å². The zero-order valence-electron chi connectivity index (χ0n) is 23.6. The summed E-state index contributed by atoms with van der Waals surface area (Å²) in [5, 5.41) is 3.04. The first-order chi connectivity index (χ1) is 17.8. The normalized spacial score (nSPS) is 12.6. The summed E-state index contributed by atoms with van der Waals surface area (Å²) in [7, 11) is 0. The Morgan fingerprint density at radius 1 is 0.816 bits per heavy atom. The molecular formula is C33H41FN2O2. The number of amides is 2. The zero-order valence-corrected chi connectivity index (χ0v) is 23.6. The highest BCUT2D eigenvalue weighted by molar-refractivity contribution is 5.88. The summed E-state index contributed by atoms with van der Waals surface area (Å²) in [5.74, 6) is -0.823. The highest BCUT2D eigenvalue weighted by Crippen LogP contribution is 2.23. The Morgan fingerprint density at radius 3 is 2.00 bits per heavy atom. The van der Waals surface area contributed by atoms with Gasteiger partial charge in [0.25, 0.3) is 0 Å². The van der Waals surface area contributed by atoms with Crippen LogP contribution in [0.1, 0.15) is 70.2 Å². The number of nitrogens with zero attached hydrogens (tertiary/aromatic N) is 1. The van der Waals surface area contributed by atoms with Gasteiger partial charge in [0.05, 0.1) is 0 Å². The maximum Gasteiger partial charge on any atom is 0.243 e. The quantitative estimate of drug-likeness (QED) is 0.348. The van der Waals surface area contributed by atoms with Crippen LogP contribution in [-0.4, -0.2) is 28.3 Å². The molecule has 0 radical (unpaired) electrons. The highest BCUT2D eigenvalue weighted by Gasteiger charge is 2.32. The molecule has 3 aromatic rings. The van der Waals surface area contributed by atoms with Gasteiger partial charge in [0.1, 0.15) is 11.9 Å². The SMILES string of the molecule is CC(C)(C)NC(=O)[C@H](Cc1ccccc1)N(Cc1ccccc1F)C(=O)CCc1ccc(C(C)(C)C)cc1. The van der Waals surface area contributed by atoms with Crippen LogP contribution < -0.4 is 5.32 Å². The van der Waals surface area contributed by atoms with Gasteiger partial charge in [-0.15, -0.1) is 0 Å². The van der Waals surface area contributed by atoms with Crippen LogP contribution in [0.15, 0.2) is 78.9 Å². The second-order valence-electron chi connectivity index (χ2n) is 12.0. The van der Waals surface area contributed by atoms with Crippen molar-refractivity contribution in [3.63, 3.8) is 0 Å². The van der Waals surface area contributed by atoms with Crippen LogP contribution in [0.5, 0.6) is 0 Å². The van der Waals surface area contributed by atoms with E-state index in [4.69, 9.17) is 0 Å². The van der Waals surface area contributed by atoms with E-state index < -0.39 is 17.4 Å². The summed E-state index contributed by atoms with van der Waals surface area (Å²) in [6.45, 7) is 12.3. The number of hydrogen-bond donors (Lipinski definition) is 1. The number of nitrogens with one attached hydrogen (secondary N) is 1. The third kappa shape index (κ3) is 8.54. The van der Waals surface area contributed by atoms with Gasteiger partial charge in [0.2, 0.25) is 11.8 Å². The maximum atomic E-state index is 14.7. The third-order valence-corrected chi connectivity index (χ3v) is 6.52. The van der Waals surface area contributed by atoms with E-state index in [1.54, 1.807) is 23.1 Å². The van der Waals surface area contributed by atoms with E-state index >= 15 is 0 Å². The lowest BCUT2D eigenvalue weighted by atomic mass is 9.86. The molecule has 202 valence electrons. The minimum atomic E-state index is -0.785. The van der Waals surface area contributed by atoms with Gasteiger partial charge in [-0.3, -0.25) is 9.59 Å². The molecule has 0 saturated heterocycles. The fourth-order valence-electron chi connectivity index (χ4n) is 4.38. The number of carbonyl (C=O) groups is 2. The summed E-state index contributed by atoms with van der Waals surface area (Å²) < 4.78 is 14.7. The Hall–Kier alpha value is -3.47. The van der Waals surface area contributed by atoms with Crippen molar-refractivity contribution in [3.05, 3.63) is 107 Å². The predicted molar refractivity (Wildman–Crippen MR) is 152 cm³/mol. The van der Waals surface area contributed by atoms with Crippen molar-refractivity contribution in [2.24, 2.45) is 0 Å². The molecule has 0 heterocycles. The summed E-state index contributed by atoms with van der Waals surface area (Å²) in [5.41, 5.74) is 3.18. The first-order valence-corrected chi connectivity index (χ1v) is 13.3. The summed E-state index contributed by atoms with van der Waals surface area (Å²) in [4.78, 5) is 28.9. The molecule has 0 aliphatic rings. The predicted octanol–water partition coefficient (Wildman–Crippen LogP) is 6.61. The Balaban J connectivity index is 1.91. The van der Waals surface area contributed by atoms with Crippen molar-refractivity contribution >= 4 is 11.8 Å². The minimum absolute atomic E-state index is 0.0174. The van der Waals surface area contributed by atoms with Crippen molar-refractivity contribution in [1.82, 2.24) is 10.2 Å². The summed E-state index contributed by atoms with van der Waals surface area (Å²) in [6.07, 6.45) is 1.09. The number of aryl methyl sites for hydroxylation is 1. The van der Waals surface area contributed by atoms with Crippen molar-refractivity contribution < 1.29 is 14.0 Å². The van der Waals surface area contributed by atoms with Gasteiger partial charge in [-0.1, -0.05) is 93.6 Å². The Morgan fingerprint density at radius 2 is 1.42 bits per heavy atom. The van der Waals surface area contributed by atoms with Gasteiger partial charge >= 0.3 is 0 Å². The maximum absolute atomic E-state index is 14.7. The van der Waals surface area contributed by atoms with Crippen LogP contribution in [0.2, 0.25) is 0 Å². The van der Waals surface area contributed by atoms with Crippen LogP contribution in [0.4, 0.5) is 4.39 Å². The number of carbonyl (C=O) groups excluding carboxylic acids is 2. The highest BCUT2D eigenvalue weighted by atomic mass is 19.1. The van der Waals surface area contributed by atoms with Crippen LogP contribution >= 0.6 is 0 Å². The largest absolute Gasteiger partial charge is 0.350 e. The van der Waals surface area contributed by atoms with Gasteiger partial charge < -0.3 is 10.2 Å². The van der Waals surface area contributed by atoms with Crippen molar-refractivity contribution in [2.45, 2.75) is 84.3 Å². The lowest BCUT2D eigenvalue weighted by Crippen LogP contribution is -2.54. The molecule has 0 fully saturated rings. The van der Waals surface area contributed by atoms with Gasteiger partial charge in [-0.2, -0.15) is 0 Å². The van der Waals surface area contributed by atoms with Crippen molar-refractivity contribution in [3.8, 4) is 0 Å². The average Bonchev–Trinajstić information content (AvgIpc) is 2.85. The van der Waals surface area contributed by atoms with Gasteiger partial charge in [-0.05, 0) is 55.4 Å². The van der Waals surface area contributed by atoms with E-state index in [9.17, 15) is 14.0 Å². The molecule has 1 N–H and O–H groups in total. The third-order valence-electron chi connectivity index (χ3n) is 6.52. The van der Waals surface area contributed by atoms with E-state index in [1.165, 1.54) is 11.6 Å². The van der Waals surface area contributed by atoms with E-state index in [0.717, 1.165) is 11.1 Å². The fourth-order valence-corrected chi connectivity index (χ4v) is 4.38. The van der Waals surface area contributed by atoms with Gasteiger partial charge in [-0.25, -0.2) is 4.39 Å². The number of hydrogen-bond acceptors (Lipinski definition) is 2. The van der Waals surface area contributed by atoms with Crippen LogP contribution in [0.3, 0.4) is 0 Å². The molecule has 1 atom stereocenters. The van der Waals surface area contributed by atoms with E-state index in [-0.39, 0.29) is 30.2 Å². The molecule has 3 aromatic carbocycles. The Kier molecular flexibility index (Phi) is 9.48. The number of rotatable bonds is 9. The molecule has 0 aliphatic carbocycles. The molecule has 4 nitrogen and oxygen atoms in total. The molecule has 0 bridgehead atoms. The molecule has 3 rings (SSSR count). The minimum Gasteiger partial charge on any atom is -0.350 e. The van der Waals surface area contributed by atoms with Gasteiger partial charge in [0, 0.05) is 30.5 Å². The molecular weight excluding hydrogens is 475 g/mol. The number of halogens is 1. The lowest BCUT2D eigenvalue weighted by Gasteiger charge is -2.34. The molecule has 0 unspecified atom stereocenters. The Labute approximate surface area is 227 Å². The van der Waals surface area contributed by atoms with Gasteiger partial charge in [0.15, 0.2) is 0 Å². The molecule has 0 spiro atoms. The second kappa shape index (κ2) is 12.4. The molecule has 38 heavy (non-hydrogen) atoms. The molecule has 0 saturated carbocycles. The first kappa shape index (κ1) is 29.1. The molecule has 0 aliphatic heterocycles. The van der Waals surface area contributed by atoms with E-state index in [1.807, 2.05) is 51.1 Å². The lowest BCUT2D eigenvalue weighted by molar-refractivity contribution is -0.142. The van der Waals surface area contributed by atoms with Crippen molar-refractivity contribution in [1.29, 1.82) is 0 Å². The topological polar surface area (TPSA) is 49.4 Å². The Bertz CT molecular complexity index is 1210. The molecule has 2 amide bonds. The summed E-state index contributed by atoms with van der Waals surface area (Å²) in [6, 6.07) is 23.6. The van der Waals surface area contributed by atoms with E-state index in [2.05, 4.69) is 50.4 Å². The van der Waals surface area contributed by atoms with Crippen molar-refractivity contribution in [2.75, 3.05) is 0 Å².